The first-order valence-electron chi connectivity index (χ1n) is 5.60. The summed E-state index contributed by atoms with van der Waals surface area (Å²) in [5.41, 5.74) is 3.96. The lowest BCUT2D eigenvalue weighted by molar-refractivity contribution is -0.0290. The molecule has 1 fully saturated rings. The summed E-state index contributed by atoms with van der Waals surface area (Å²) >= 11 is 0. The molecule has 1 aromatic carbocycles. The van der Waals surface area contributed by atoms with Crippen molar-refractivity contribution in [3.05, 3.63) is 34.9 Å². The van der Waals surface area contributed by atoms with E-state index in [1.807, 2.05) is 0 Å². The maximum atomic E-state index is 5.93. The van der Waals surface area contributed by atoms with Crippen molar-refractivity contribution in [1.82, 2.24) is 5.32 Å². The Labute approximate surface area is 91.6 Å². The number of benzene rings is 1. The van der Waals surface area contributed by atoms with E-state index in [4.69, 9.17) is 4.74 Å². The monoisotopic (exact) mass is 205 g/mol. The largest absolute Gasteiger partial charge is 0.368 e. The molecule has 0 aromatic heterocycles. The zero-order valence-corrected chi connectivity index (χ0v) is 9.71. The van der Waals surface area contributed by atoms with Crippen molar-refractivity contribution >= 4 is 0 Å². The maximum Gasteiger partial charge on any atom is 0.0956 e. The molecular weight excluding hydrogens is 186 g/mol. The summed E-state index contributed by atoms with van der Waals surface area (Å²) in [4.78, 5) is 0. The van der Waals surface area contributed by atoms with Crippen molar-refractivity contribution in [1.29, 1.82) is 0 Å². The van der Waals surface area contributed by atoms with Gasteiger partial charge in [0.05, 0.1) is 12.2 Å². The Morgan fingerprint density at radius 2 is 2.07 bits per heavy atom. The van der Waals surface area contributed by atoms with Crippen LogP contribution in [0.3, 0.4) is 0 Å². The first-order valence-corrected chi connectivity index (χ1v) is 5.60. The van der Waals surface area contributed by atoms with Gasteiger partial charge in [0.15, 0.2) is 0 Å². The molecule has 1 heterocycles. The second-order valence-electron chi connectivity index (χ2n) is 4.45. The Morgan fingerprint density at radius 3 is 2.73 bits per heavy atom. The summed E-state index contributed by atoms with van der Waals surface area (Å²) in [6.45, 7) is 8.28. The molecule has 0 bridgehead atoms. The average molecular weight is 205 g/mol. The van der Waals surface area contributed by atoms with Gasteiger partial charge in [-0.15, -0.1) is 0 Å². The van der Waals surface area contributed by atoms with Gasteiger partial charge in [-0.25, -0.2) is 0 Å². The van der Waals surface area contributed by atoms with E-state index in [1.165, 1.54) is 16.7 Å². The van der Waals surface area contributed by atoms with E-state index >= 15 is 0 Å². The van der Waals surface area contributed by atoms with Crippen LogP contribution >= 0.6 is 0 Å². The topological polar surface area (TPSA) is 21.3 Å². The number of rotatable bonds is 1. The Kier molecular flexibility index (Phi) is 3.08. The number of morpholine rings is 1. The van der Waals surface area contributed by atoms with Gasteiger partial charge in [0, 0.05) is 13.1 Å². The molecule has 15 heavy (non-hydrogen) atoms. The van der Waals surface area contributed by atoms with Gasteiger partial charge < -0.3 is 10.1 Å². The van der Waals surface area contributed by atoms with Gasteiger partial charge in [-0.1, -0.05) is 23.8 Å². The molecule has 0 spiro atoms. The fraction of sp³-hybridized carbons (Fsp3) is 0.538. The van der Waals surface area contributed by atoms with Gasteiger partial charge >= 0.3 is 0 Å². The molecule has 2 atom stereocenters. The van der Waals surface area contributed by atoms with Crippen LogP contribution in [-0.2, 0) is 4.74 Å². The Hall–Kier alpha value is -0.860. The third-order valence-corrected chi connectivity index (χ3v) is 2.93. The summed E-state index contributed by atoms with van der Waals surface area (Å²) in [5.74, 6) is 0. The van der Waals surface area contributed by atoms with E-state index < -0.39 is 0 Å². The lowest BCUT2D eigenvalue weighted by Crippen LogP contribution is -2.39. The minimum Gasteiger partial charge on any atom is -0.368 e. The van der Waals surface area contributed by atoms with Crippen LogP contribution in [0.1, 0.15) is 29.7 Å². The van der Waals surface area contributed by atoms with Crippen molar-refractivity contribution in [2.75, 3.05) is 13.1 Å². The smallest absolute Gasteiger partial charge is 0.0956 e. The molecule has 82 valence electrons. The second kappa shape index (κ2) is 4.33. The third-order valence-electron chi connectivity index (χ3n) is 2.93. The molecule has 0 amide bonds. The van der Waals surface area contributed by atoms with Gasteiger partial charge in [-0.2, -0.15) is 0 Å². The molecule has 2 unspecified atom stereocenters. The second-order valence-corrected chi connectivity index (χ2v) is 4.45. The number of ether oxygens (including phenoxy) is 1. The quantitative estimate of drug-likeness (QED) is 0.760. The Morgan fingerprint density at radius 1 is 1.27 bits per heavy atom. The molecule has 1 aliphatic heterocycles. The average Bonchev–Trinajstić information content (AvgIpc) is 2.17. The number of nitrogens with one attached hydrogen (secondary N) is 1. The minimum atomic E-state index is 0.217. The number of hydrogen-bond donors (Lipinski definition) is 1. The third kappa shape index (κ3) is 2.39. The predicted octanol–water partition coefficient (Wildman–Crippen LogP) is 2.35. The first-order chi connectivity index (χ1) is 7.16. The van der Waals surface area contributed by atoms with Crippen LogP contribution in [0.2, 0.25) is 0 Å². The summed E-state index contributed by atoms with van der Waals surface area (Å²) in [5, 5.41) is 3.40. The highest BCUT2D eigenvalue weighted by Gasteiger charge is 2.21. The van der Waals surface area contributed by atoms with Gasteiger partial charge in [0.2, 0.25) is 0 Å². The van der Waals surface area contributed by atoms with Gasteiger partial charge in [0.1, 0.15) is 0 Å². The molecular formula is C13H19NO. The van der Waals surface area contributed by atoms with Crippen LogP contribution in [0.5, 0.6) is 0 Å². The van der Waals surface area contributed by atoms with Crippen LogP contribution in [0.4, 0.5) is 0 Å². The summed E-state index contributed by atoms with van der Waals surface area (Å²) < 4.78 is 5.93. The highest BCUT2D eigenvalue weighted by atomic mass is 16.5. The minimum absolute atomic E-state index is 0.217. The van der Waals surface area contributed by atoms with Crippen LogP contribution in [0.25, 0.3) is 0 Å². The first kappa shape index (κ1) is 10.7. The van der Waals surface area contributed by atoms with Crippen LogP contribution in [0, 0.1) is 13.8 Å². The summed E-state index contributed by atoms with van der Waals surface area (Å²) in [6.07, 6.45) is 0.527. The van der Waals surface area contributed by atoms with Gasteiger partial charge in [0.25, 0.3) is 0 Å². The van der Waals surface area contributed by atoms with E-state index in [2.05, 4.69) is 44.3 Å². The molecule has 1 N–H and O–H groups in total. The van der Waals surface area contributed by atoms with Crippen LogP contribution in [-0.4, -0.2) is 19.2 Å². The summed E-state index contributed by atoms with van der Waals surface area (Å²) in [6, 6.07) is 6.57. The van der Waals surface area contributed by atoms with E-state index in [1.54, 1.807) is 0 Å². The van der Waals surface area contributed by atoms with Crippen molar-refractivity contribution in [3.8, 4) is 0 Å². The standard InChI is InChI=1S/C13H19NO/c1-9-4-5-12(10(2)6-9)13-8-14-7-11(3)15-13/h4-6,11,13-14H,7-8H2,1-3H3. The van der Waals surface area contributed by atoms with Crippen molar-refractivity contribution < 1.29 is 4.74 Å². The fourth-order valence-electron chi connectivity index (χ4n) is 2.16. The van der Waals surface area contributed by atoms with E-state index in [0.717, 1.165) is 13.1 Å². The van der Waals surface area contributed by atoms with Crippen LogP contribution in [0.15, 0.2) is 18.2 Å². The van der Waals surface area contributed by atoms with Crippen molar-refractivity contribution in [2.24, 2.45) is 0 Å². The van der Waals surface area contributed by atoms with Gasteiger partial charge in [-0.3, -0.25) is 0 Å². The lowest BCUT2D eigenvalue weighted by Gasteiger charge is -2.30. The van der Waals surface area contributed by atoms with Crippen molar-refractivity contribution in [2.45, 2.75) is 33.0 Å². The predicted molar refractivity (Wildman–Crippen MR) is 62.1 cm³/mol. The lowest BCUT2D eigenvalue weighted by atomic mass is 10.00. The SMILES string of the molecule is Cc1ccc(C2CNCC(C)O2)c(C)c1. The Balaban J connectivity index is 2.21. The molecule has 1 aliphatic rings. The molecule has 2 nitrogen and oxygen atoms in total. The van der Waals surface area contributed by atoms with Gasteiger partial charge in [-0.05, 0) is 31.9 Å². The zero-order chi connectivity index (χ0) is 10.8. The zero-order valence-electron chi connectivity index (χ0n) is 9.71. The number of aryl methyl sites for hydroxylation is 2. The fourth-order valence-corrected chi connectivity index (χ4v) is 2.16. The molecule has 2 heteroatoms. The highest BCUT2D eigenvalue weighted by molar-refractivity contribution is 5.32. The van der Waals surface area contributed by atoms with Crippen molar-refractivity contribution in [3.63, 3.8) is 0 Å². The summed E-state index contributed by atoms with van der Waals surface area (Å²) in [7, 11) is 0. The van der Waals surface area contributed by atoms with E-state index in [0.29, 0.717) is 6.10 Å². The molecule has 0 aliphatic carbocycles. The number of hydrogen-bond acceptors (Lipinski definition) is 2. The molecule has 2 rings (SSSR count). The van der Waals surface area contributed by atoms with E-state index in [9.17, 15) is 0 Å². The van der Waals surface area contributed by atoms with E-state index in [-0.39, 0.29) is 6.10 Å². The molecule has 1 aromatic rings. The maximum absolute atomic E-state index is 5.93. The molecule has 0 radical (unpaired) electrons. The molecule has 1 saturated heterocycles. The normalized spacial score (nSPS) is 26.6. The highest BCUT2D eigenvalue weighted by Crippen LogP contribution is 2.24. The van der Waals surface area contributed by atoms with Crippen LogP contribution < -0.4 is 5.32 Å². The molecule has 0 saturated carbocycles. The Bertz CT molecular complexity index is 348.